The van der Waals surface area contributed by atoms with Gasteiger partial charge in [0.25, 0.3) is 11.4 Å². The predicted molar refractivity (Wildman–Crippen MR) is 99.0 cm³/mol. The Morgan fingerprint density at radius 3 is 2.70 bits per heavy atom. The van der Waals surface area contributed by atoms with Gasteiger partial charge in [-0.3, -0.25) is 9.69 Å². The highest BCUT2D eigenvalue weighted by molar-refractivity contribution is 5.77. The SMILES string of the molecule is Cc1cc(-c2nnc(CN(C)Cc3nc4ccccc4c(=O)[nH]3)o2)c(C)o1. The van der Waals surface area contributed by atoms with Crippen molar-refractivity contribution < 1.29 is 8.83 Å². The minimum atomic E-state index is -0.144. The molecule has 0 bridgehead atoms. The topological polar surface area (TPSA) is 101 Å². The molecule has 3 aromatic heterocycles. The van der Waals surface area contributed by atoms with Gasteiger partial charge in [-0.2, -0.15) is 0 Å². The maximum atomic E-state index is 12.2. The lowest BCUT2D eigenvalue weighted by Crippen LogP contribution is -2.22. The fourth-order valence-electron chi connectivity index (χ4n) is 3.02. The van der Waals surface area contributed by atoms with Crippen LogP contribution < -0.4 is 5.56 Å². The number of nitrogens with one attached hydrogen (secondary N) is 1. The minimum absolute atomic E-state index is 0.144. The summed E-state index contributed by atoms with van der Waals surface area (Å²) in [4.78, 5) is 21.4. The van der Waals surface area contributed by atoms with Crippen LogP contribution in [0.25, 0.3) is 22.4 Å². The molecule has 8 nitrogen and oxygen atoms in total. The van der Waals surface area contributed by atoms with Crippen molar-refractivity contribution in [3.8, 4) is 11.5 Å². The molecule has 0 fully saturated rings. The van der Waals surface area contributed by atoms with Gasteiger partial charge < -0.3 is 13.8 Å². The molecule has 0 aliphatic carbocycles. The zero-order chi connectivity index (χ0) is 19.0. The first-order valence-electron chi connectivity index (χ1n) is 8.56. The number of benzene rings is 1. The summed E-state index contributed by atoms with van der Waals surface area (Å²) < 4.78 is 11.3. The molecule has 138 valence electrons. The van der Waals surface area contributed by atoms with E-state index >= 15 is 0 Å². The molecule has 0 aliphatic rings. The number of aryl methyl sites for hydroxylation is 2. The van der Waals surface area contributed by atoms with Gasteiger partial charge in [0.05, 0.1) is 29.6 Å². The van der Waals surface area contributed by atoms with E-state index in [1.54, 1.807) is 6.07 Å². The van der Waals surface area contributed by atoms with Crippen molar-refractivity contribution in [1.82, 2.24) is 25.1 Å². The van der Waals surface area contributed by atoms with Crippen molar-refractivity contribution in [1.29, 1.82) is 0 Å². The van der Waals surface area contributed by atoms with Gasteiger partial charge in [-0.1, -0.05) is 12.1 Å². The Morgan fingerprint density at radius 1 is 1.11 bits per heavy atom. The fourth-order valence-corrected chi connectivity index (χ4v) is 3.02. The van der Waals surface area contributed by atoms with Crippen LogP contribution >= 0.6 is 0 Å². The van der Waals surface area contributed by atoms with E-state index in [9.17, 15) is 4.79 Å². The third kappa shape index (κ3) is 3.52. The summed E-state index contributed by atoms with van der Waals surface area (Å²) in [5.74, 6) is 3.04. The van der Waals surface area contributed by atoms with Gasteiger partial charge in [0.15, 0.2) is 0 Å². The van der Waals surface area contributed by atoms with Crippen LogP contribution in [0.5, 0.6) is 0 Å². The van der Waals surface area contributed by atoms with Crippen LogP contribution in [0.3, 0.4) is 0 Å². The molecule has 8 heteroatoms. The molecule has 0 aliphatic heterocycles. The average Bonchev–Trinajstić information content (AvgIpc) is 3.20. The van der Waals surface area contributed by atoms with Crippen molar-refractivity contribution in [2.45, 2.75) is 26.9 Å². The van der Waals surface area contributed by atoms with E-state index in [2.05, 4.69) is 20.2 Å². The standard InChI is InChI=1S/C19H19N5O3/c1-11-8-14(12(2)26-11)19-23-22-17(27-19)10-24(3)9-16-20-15-7-5-4-6-13(15)18(25)21-16/h4-8H,9-10H2,1-3H3,(H,20,21,25). The lowest BCUT2D eigenvalue weighted by atomic mass is 10.2. The summed E-state index contributed by atoms with van der Waals surface area (Å²) in [5.41, 5.74) is 1.33. The van der Waals surface area contributed by atoms with Crippen LogP contribution in [0.1, 0.15) is 23.2 Å². The van der Waals surface area contributed by atoms with Crippen LogP contribution in [-0.4, -0.2) is 32.1 Å². The number of para-hydroxylation sites is 1. The summed E-state index contributed by atoms with van der Waals surface area (Å²) >= 11 is 0. The summed E-state index contributed by atoms with van der Waals surface area (Å²) in [6.07, 6.45) is 0. The molecule has 0 amide bonds. The van der Waals surface area contributed by atoms with Gasteiger partial charge >= 0.3 is 0 Å². The minimum Gasteiger partial charge on any atom is -0.466 e. The zero-order valence-electron chi connectivity index (χ0n) is 15.3. The number of furan rings is 1. The maximum absolute atomic E-state index is 12.2. The normalized spacial score (nSPS) is 11.6. The Hall–Kier alpha value is -3.26. The Bertz CT molecular complexity index is 1160. The lowest BCUT2D eigenvalue weighted by Gasteiger charge is -2.13. The third-order valence-corrected chi connectivity index (χ3v) is 4.23. The molecule has 0 radical (unpaired) electrons. The van der Waals surface area contributed by atoms with Crippen molar-refractivity contribution in [2.75, 3.05) is 7.05 Å². The molecule has 0 saturated heterocycles. The Balaban J connectivity index is 1.49. The highest BCUT2D eigenvalue weighted by Crippen LogP contribution is 2.25. The number of aromatic nitrogens is 4. The second-order valence-electron chi connectivity index (χ2n) is 6.53. The van der Waals surface area contributed by atoms with E-state index in [4.69, 9.17) is 8.83 Å². The molecule has 0 saturated carbocycles. The van der Waals surface area contributed by atoms with Crippen molar-refractivity contribution in [2.24, 2.45) is 0 Å². The molecule has 0 unspecified atom stereocenters. The van der Waals surface area contributed by atoms with E-state index in [0.29, 0.717) is 41.6 Å². The summed E-state index contributed by atoms with van der Waals surface area (Å²) in [7, 11) is 1.90. The Kier molecular flexibility index (Phi) is 4.33. The van der Waals surface area contributed by atoms with Crippen molar-refractivity contribution >= 4 is 10.9 Å². The molecule has 1 N–H and O–H groups in total. The first-order valence-corrected chi connectivity index (χ1v) is 8.56. The first kappa shape index (κ1) is 17.2. The number of aromatic amines is 1. The number of hydrogen-bond donors (Lipinski definition) is 1. The summed E-state index contributed by atoms with van der Waals surface area (Å²) in [5, 5.41) is 8.78. The summed E-state index contributed by atoms with van der Waals surface area (Å²) in [6, 6.07) is 9.14. The van der Waals surface area contributed by atoms with E-state index in [-0.39, 0.29) is 5.56 Å². The van der Waals surface area contributed by atoms with Crippen molar-refractivity contribution in [3.05, 3.63) is 63.9 Å². The van der Waals surface area contributed by atoms with Crippen LogP contribution in [0, 0.1) is 13.8 Å². The highest BCUT2D eigenvalue weighted by Gasteiger charge is 2.16. The van der Waals surface area contributed by atoms with E-state index in [1.165, 1.54) is 0 Å². The fraction of sp³-hybridized carbons (Fsp3) is 0.263. The van der Waals surface area contributed by atoms with Gasteiger partial charge in [0, 0.05) is 0 Å². The highest BCUT2D eigenvalue weighted by atomic mass is 16.4. The monoisotopic (exact) mass is 365 g/mol. The quantitative estimate of drug-likeness (QED) is 0.580. The molecular weight excluding hydrogens is 346 g/mol. The lowest BCUT2D eigenvalue weighted by molar-refractivity contribution is 0.276. The second-order valence-corrected chi connectivity index (χ2v) is 6.53. The maximum Gasteiger partial charge on any atom is 0.258 e. The smallest absolute Gasteiger partial charge is 0.258 e. The molecule has 4 rings (SSSR count). The molecule has 27 heavy (non-hydrogen) atoms. The molecule has 1 aromatic carbocycles. The van der Waals surface area contributed by atoms with Gasteiger partial charge in [0.1, 0.15) is 17.3 Å². The second kappa shape index (κ2) is 6.81. The number of fused-ring (bicyclic) bond motifs is 1. The van der Waals surface area contributed by atoms with Gasteiger partial charge in [0.2, 0.25) is 5.89 Å². The largest absolute Gasteiger partial charge is 0.466 e. The van der Waals surface area contributed by atoms with Gasteiger partial charge in [-0.15, -0.1) is 10.2 Å². The average molecular weight is 365 g/mol. The Morgan fingerprint density at radius 2 is 1.93 bits per heavy atom. The first-order chi connectivity index (χ1) is 13.0. The zero-order valence-corrected chi connectivity index (χ0v) is 15.3. The predicted octanol–water partition coefficient (Wildman–Crippen LogP) is 2.81. The van der Waals surface area contributed by atoms with Crippen LogP contribution in [0.4, 0.5) is 0 Å². The van der Waals surface area contributed by atoms with E-state index in [0.717, 1.165) is 17.1 Å². The number of hydrogen-bond acceptors (Lipinski definition) is 7. The van der Waals surface area contributed by atoms with E-state index in [1.807, 2.05) is 50.1 Å². The summed E-state index contributed by atoms with van der Waals surface area (Å²) in [6.45, 7) is 4.61. The van der Waals surface area contributed by atoms with Gasteiger partial charge in [-0.05, 0) is 39.1 Å². The molecule has 0 atom stereocenters. The molecular formula is C19H19N5O3. The van der Waals surface area contributed by atoms with Crippen molar-refractivity contribution in [3.63, 3.8) is 0 Å². The Labute approximate surface area is 154 Å². The van der Waals surface area contributed by atoms with Crippen LogP contribution in [0.15, 0.2) is 44.0 Å². The number of nitrogens with zero attached hydrogens (tertiary/aromatic N) is 4. The molecule has 0 spiro atoms. The van der Waals surface area contributed by atoms with Gasteiger partial charge in [-0.25, -0.2) is 4.98 Å². The van der Waals surface area contributed by atoms with Crippen LogP contribution in [0.2, 0.25) is 0 Å². The molecule has 4 aromatic rings. The van der Waals surface area contributed by atoms with E-state index < -0.39 is 0 Å². The third-order valence-electron chi connectivity index (χ3n) is 4.23. The molecule has 3 heterocycles. The number of rotatable bonds is 5. The van der Waals surface area contributed by atoms with Crippen LogP contribution in [-0.2, 0) is 13.1 Å². The number of H-pyrrole nitrogens is 1.